The molecular formula is C25H27IN4O2. The highest BCUT2D eigenvalue weighted by molar-refractivity contribution is 14.1. The summed E-state index contributed by atoms with van der Waals surface area (Å²) in [5.41, 5.74) is 2.78. The highest BCUT2D eigenvalue weighted by Gasteiger charge is 2.20. The normalized spacial score (nSPS) is 11.3. The summed E-state index contributed by atoms with van der Waals surface area (Å²) in [5.74, 6) is 0. The Morgan fingerprint density at radius 3 is 2.09 bits per heavy atom. The van der Waals surface area contributed by atoms with Crippen molar-refractivity contribution in [3.63, 3.8) is 0 Å². The van der Waals surface area contributed by atoms with Gasteiger partial charge >= 0.3 is 5.69 Å². The van der Waals surface area contributed by atoms with Gasteiger partial charge in [-0.25, -0.2) is 9.78 Å². The van der Waals surface area contributed by atoms with Crippen LogP contribution in [0.4, 0.5) is 0 Å². The molecule has 0 amide bonds. The minimum absolute atomic E-state index is 0.253. The van der Waals surface area contributed by atoms with E-state index in [0.29, 0.717) is 34.6 Å². The molecule has 0 aliphatic carbocycles. The smallest absolute Gasteiger partial charge is 0.309 e. The maximum absolute atomic E-state index is 13.5. The topological polar surface area (TPSA) is 61.8 Å². The van der Waals surface area contributed by atoms with Gasteiger partial charge in [0, 0.05) is 35.7 Å². The molecule has 166 valence electrons. The van der Waals surface area contributed by atoms with Gasteiger partial charge in [0.15, 0.2) is 15.0 Å². The second kappa shape index (κ2) is 10.3. The SMILES string of the molecule is CCCCn1c(=O)n(CCCc2ccccc2)c(=O)c2c1nc(I)n2Cc1ccccc1. The Hall–Kier alpha value is -2.68. The number of benzene rings is 2. The predicted octanol–water partition coefficient (Wildman–Crippen LogP) is 4.45. The maximum atomic E-state index is 13.5. The minimum atomic E-state index is -0.259. The number of aromatic nitrogens is 4. The Labute approximate surface area is 200 Å². The summed E-state index contributed by atoms with van der Waals surface area (Å²) < 4.78 is 5.74. The van der Waals surface area contributed by atoms with Crippen molar-refractivity contribution in [2.24, 2.45) is 0 Å². The van der Waals surface area contributed by atoms with Crippen LogP contribution in [0.5, 0.6) is 0 Å². The van der Waals surface area contributed by atoms with Crippen LogP contribution in [0.15, 0.2) is 70.3 Å². The van der Waals surface area contributed by atoms with Crippen molar-refractivity contribution in [3.8, 4) is 0 Å². The fourth-order valence-corrected chi connectivity index (χ4v) is 4.62. The van der Waals surface area contributed by atoms with Crippen molar-refractivity contribution >= 4 is 33.8 Å². The van der Waals surface area contributed by atoms with Gasteiger partial charge in [0.25, 0.3) is 5.56 Å². The molecule has 0 fully saturated rings. The molecule has 0 saturated heterocycles. The summed E-state index contributed by atoms with van der Waals surface area (Å²) in [6.07, 6.45) is 3.37. The third-order valence-electron chi connectivity index (χ3n) is 5.68. The number of nitrogens with zero attached hydrogens (tertiary/aromatic N) is 4. The Bertz CT molecular complexity index is 1310. The van der Waals surface area contributed by atoms with Crippen molar-refractivity contribution in [1.82, 2.24) is 18.7 Å². The average Bonchev–Trinajstić information content (AvgIpc) is 3.13. The van der Waals surface area contributed by atoms with Crippen molar-refractivity contribution in [3.05, 3.63) is 96.5 Å². The number of halogens is 1. The van der Waals surface area contributed by atoms with E-state index < -0.39 is 0 Å². The highest BCUT2D eigenvalue weighted by Crippen LogP contribution is 2.17. The molecule has 0 saturated carbocycles. The van der Waals surface area contributed by atoms with Gasteiger partial charge in [-0.2, -0.15) is 0 Å². The summed E-state index contributed by atoms with van der Waals surface area (Å²) in [4.78, 5) is 31.5. The van der Waals surface area contributed by atoms with Crippen LogP contribution in [0.1, 0.15) is 37.3 Å². The van der Waals surface area contributed by atoms with Gasteiger partial charge in [-0.3, -0.25) is 13.9 Å². The van der Waals surface area contributed by atoms with Crippen LogP contribution in [-0.4, -0.2) is 18.7 Å². The van der Waals surface area contributed by atoms with E-state index in [4.69, 9.17) is 0 Å². The number of unbranched alkanes of at least 4 members (excludes halogenated alkanes) is 1. The first-order valence-electron chi connectivity index (χ1n) is 11.1. The Balaban J connectivity index is 1.77. The largest absolute Gasteiger partial charge is 0.332 e. The molecular weight excluding hydrogens is 515 g/mol. The molecule has 2 heterocycles. The third kappa shape index (κ3) is 4.72. The van der Waals surface area contributed by atoms with Gasteiger partial charge in [-0.15, -0.1) is 0 Å². The second-order valence-electron chi connectivity index (χ2n) is 7.96. The minimum Gasteiger partial charge on any atom is -0.309 e. The number of hydrogen-bond acceptors (Lipinski definition) is 3. The summed E-state index contributed by atoms with van der Waals surface area (Å²) in [6.45, 7) is 3.58. The fraction of sp³-hybridized carbons (Fsp3) is 0.320. The zero-order valence-electron chi connectivity index (χ0n) is 18.2. The first-order chi connectivity index (χ1) is 15.6. The van der Waals surface area contributed by atoms with E-state index in [2.05, 4.69) is 46.6 Å². The molecule has 0 aliphatic rings. The molecule has 4 rings (SSSR count). The Kier molecular flexibility index (Phi) is 7.24. The Morgan fingerprint density at radius 2 is 1.44 bits per heavy atom. The molecule has 0 N–H and O–H groups in total. The van der Waals surface area contributed by atoms with Crippen molar-refractivity contribution in [2.75, 3.05) is 0 Å². The molecule has 6 nitrogen and oxygen atoms in total. The molecule has 0 spiro atoms. The van der Waals surface area contributed by atoms with Gasteiger partial charge in [-0.05, 0) is 30.4 Å². The van der Waals surface area contributed by atoms with Gasteiger partial charge < -0.3 is 4.57 Å². The first-order valence-corrected chi connectivity index (χ1v) is 12.1. The lowest BCUT2D eigenvalue weighted by atomic mass is 10.1. The van der Waals surface area contributed by atoms with Crippen LogP contribution in [-0.2, 0) is 26.1 Å². The van der Waals surface area contributed by atoms with Gasteiger partial charge in [0.05, 0.1) is 6.54 Å². The number of aryl methyl sites for hydroxylation is 2. The molecule has 0 atom stereocenters. The molecule has 4 aromatic rings. The number of fused-ring (bicyclic) bond motifs is 1. The van der Waals surface area contributed by atoms with Crippen molar-refractivity contribution in [2.45, 2.75) is 52.2 Å². The van der Waals surface area contributed by atoms with E-state index in [1.165, 1.54) is 10.1 Å². The summed E-state index contributed by atoms with van der Waals surface area (Å²) in [5, 5.41) is 0. The van der Waals surface area contributed by atoms with Crippen LogP contribution < -0.4 is 11.2 Å². The standard InChI is InChI=1S/C25H27IN4O2/c1-2-3-16-28-22-21(30(24(26)27-22)18-20-13-8-5-9-14-20)23(31)29(25(28)32)17-10-15-19-11-6-4-7-12-19/h4-9,11-14H,2-3,10,15-18H2,1H3. The molecule has 0 bridgehead atoms. The van der Waals surface area contributed by atoms with Gasteiger partial charge in [0.2, 0.25) is 0 Å². The lowest BCUT2D eigenvalue weighted by Crippen LogP contribution is -2.41. The number of rotatable bonds is 9. The highest BCUT2D eigenvalue weighted by atomic mass is 127. The lowest BCUT2D eigenvalue weighted by Gasteiger charge is -2.13. The number of hydrogen-bond donors (Lipinski definition) is 0. The molecule has 2 aromatic carbocycles. The van der Waals surface area contributed by atoms with Crippen LogP contribution >= 0.6 is 22.6 Å². The quantitative estimate of drug-likeness (QED) is 0.232. The van der Waals surface area contributed by atoms with Crippen molar-refractivity contribution in [1.29, 1.82) is 0 Å². The van der Waals surface area contributed by atoms with Gasteiger partial charge in [0.1, 0.15) is 0 Å². The number of imidazole rings is 1. The van der Waals surface area contributed by atoms with Crippen LogP contribution in [0.3, 0.4) is 0 Å². The molecule has 0 aliphatic heterocycles. The van der Waals surface area contributed by atoms with E-state index in [9.17, 15) is 9.59 Å². The molecule has 0 unspecified atom stereocenters. The molecule has 32 heavy (non-hydrogen) atoms. The van der Waals surface area contributed by atoms with Crippen LogP contribution in [0.2, 0.25) is 0 Å². The summed E-state index contributed by atoms with van der Waals surface area (Å²) in [6, 6.07) is 20.2. The Morgan fingerprint density at radius 1 is 0.812 bits per heavy atom. The fourth-order valence-electron chi connectivity index (χ4n) is 3.98. The van der Waals surface area contributed by atoms with E-state index >= 15 is 0 Å². The predicted molar refractivity (Wildman–Crippen MR) is 136 cm³/mol. The average molecular weight is 542 g/mol. The van der Waals surface area contributed by atoms with E-state index in [0.717, 1.165) is 31.2 Å². The maximum Gasteiger partial charge on any atom is 0.332 e. The van der Waals surface area contributed by atoms with E-state index in [1.54, 1.807) is 4.57 Å². The van der Waals surface area contributed by atoms with Crippen LogP contribution in [0.25, 0.3) is 11.2 Å². The first kappa shape index (κ1) is 22.5. The molecule has 2 aromatic heterocycles. The zero-order chi connectivity index (χ0) is 22.5. The summed E-state index contributed by atoms with van der Waals surface area (Å²) >= 11 is 2.16. The lowest BCUT2D eigenvalue weighted by molar-refractivity contribution is 0.532. The zero-order valence-corrected chi connectivity index (χ0v) is 20.4. The van der Waals surface area contributed by atoms with E-state index in [1.807, 2.05) is 53.1 Å². The third-order valence-corrected chi connectivity index (χ3v) is 6.50. The van der Waals surface area contributed by atoms with Gasteiger partial charge in [-0.1, -0.05) is 74.0 Å². The second-order valence-corrected chi connectivity index (χ2v) is 8.92. The molecule has 7 heteroatoms. The molecule has 0 radical (unpaired) electrons. The van der Waals surface area contributed by atoms with E-state index in [-0.39, 0.29) is 11.2 Å². The van der Waals surface area contributed by atoms with Crippen molar-refractivity contribution < 1.29 is 0 Å². The van der Waals surface area contributed by atoms with Crippen LogP contribution in [0, 0.1) is 3.83 Å². The monoisotopic (exact) mass is 542 g/mol. The summed E-state index contributed by atoms with van der Waals surface area (Å²) in [7, 11) is 0.